The summed E-state index contributed by atoms with van der Waals surface area (Å²) in [7, 11) is 0. The summed E-state index contributed by atoms with van der Waals surface area (Å²) in [5.74, 6) is -0.429. The molecule has 2 amide bonds. The lowest BCUT2D eigenvalue weighted by atomic mass is 10.3. The van der Waals surface area contributed by atoms with Gasteiger partial charge in [0.25, 0.3) is 0 Å². The molecule has 0 saturated carbocycles. The summed E-state index contributed by atoms with van der Waals surface area (Å²) in [6.45, 7) is 4.87. The molecule has 0 unspecified atom stereocenters. The second-order valence-corrected chi connectivity index (χ2v) is 3.97. The van der Waals surface area contributed by atoms with Gasteiger partial charge in [-0.1, -0.05) is 0 Å². The van der Waals surface area contributed by atoms with Gasteiger partial charge in [-0.25, -0.2) is 0 Å². The van der Waals surface area contributed by atoms with E-state index < -0.39 is 6.04 Å². The third-order valence-electron chi connectivity index (χ3n) is 2.26. The Kier molecular flexibility index (Phi) is 4.23. The number of nitrogens with two attached hydrogens (primary N) is 1. The van der Waals surface area contributed by atoms with E-state index in [0.29, 0.717) is 19.6 Å². The van der Waals surface area contributed by atoms with Crippen molar-refractivity contribution < 1.29 is 14.3 Å². The van der Waals surface area contributed by atoms with Crippen LogP contribution in [0.3, 0.4) is 0 Å². The highest BCUT2D eigenvalue weighted by molar-refractivity contribution is 6.05. The van der Waals surface area contributed by atoms with E-state index in [1.807, 2.05) is 13.8 Å². The first-order valence-corrected chi connectivity index (χ1v) is 5.23. The summed E-state index contributed by atoms with van der Waals surface area (Å²) < 4.78 is 5.32. The van der Waals surface area contributed by atoms with E-state index in [-0.39, 0.29) is 24.3 Å². The van der Waals surface area contributed by atoms with E-state index in [1.165, 1.54) is 4.90 Å². The number of rotatable bonds is 5. The number of nitrogens with zero attached hydrogens (tertiary/aromatic N) is 1. The smallest absolute Gasteiger partial charge is 0.246 e. The average molecular weight is 214 g/mol. The minimum atomic E-state index is -0.636. The van der Waals surface area contributed by atoms with E-state index in [4.69, 9.17) is 10.5 Å². The molecule has 0 radical (unpaired) electrons. The van der Waals surface area contributed by atoms with Gasteiger partial charge >= 0.3 is 0 Å². The second kappa shape index (κ2) is 5.23. The largest absolute Gasteiger partial charge is 0.379 e. The predicted octanol–water partition coefficient (Wildman–Crippen LogP) is -0.112. The fraction of sp³-hybridized carbons (Fsp3) is 0.800. The second-order valence-electron chi connectivity index (χ2n) is 3.97. The Bertz CT molecular complexity index is 253. The Morgan fingerprint density at radius 1 is 1.53 bits per heavy atom. The van der Waals surface area contributed by atoms with Gasteiger partial charge in [0.2, 0.25) is 11.8 Å². The number of carbonyl (C=O) groups is 2. The predicted molar refractivity (Wildman–Crippen MR) is 55.0 cm³/mol. The molecule has 5 heteroatoms. The van der Waals surface area contributed by atoms with Crippen molar-refractivity contribution >= 4 is 11.8 Å². The molecule has 1 aliphatic heterocycles. The lowest BCUT2D eigenvalue weighted by Crippen LogP contribution is -2.36. The van der Waals surface area contributed by atoms with Crippen LogP contribution in [0.15, 0.2) is 0 Å². The van der Waals surface area contributed by atoms with Crippen LogP contribution < -0.4 is 5.73 Å². The maximum absolute atomic E-state index is 11.4. The van der Waals surface area contributed by atoms with Gasteiger partial charge in [0.05, 0.1) is 18.6 Å². The maximum Gasteiger partial charge on any atom is 0.246 e. The fourth-order valence-corrected chi connectivity index (χ4v) is 1.49. The van der Waals surface area contributed by atoms with Crippen LogP contribution in [0.1, 0.15) is 26.7 Å². The summed E-state index contributed by atoms with van der Waals surface area (Å²) in [6, 6.07) is -0.636. The summed E-state index contributed by atoms with van der Waals surface area (Å²) in [5.41, 5.74) is 5.47. The molecule has 0 aromatic carbocycles. The average Bonchev–Trinajstić information content (AvgIpc) is 2.37. The van der Waals surface area contributed by atoms with Crippen molar-refractivity contribution in [3.8, 4) is 0 Å². The van der Waals surface area contributed by atoms with Crippen molar-refractivity contribution in [2.75, 3.05) is 13.2 Å². The molecule has 0 aromatic heterocycles. The van der Waals surface area contributed by atoms with Gasteiger partial charge in [-0.05, 0) is 20.3 Å². The number of hydrogen-bond acceptors (Lipinski definition) is 4. The third kappa shape index (κ3) is 3.28. The SMILES string of the molecule is CC(C)OCCCN1C(=O)C[C@H](N)C1=O. The molecule has 86 valence electrons. The Morgan fingerprint density at radius 3 is 2.67 bits per heavy atom. The topological polar surface area (TPSA) is 72.6 Å². The van der Waals surface area contributed by atoms with E-state index in [0.717, 1.165) is 0 Å². The van der Waals surface area contributed by atoms with Gasteiger partial charge in [0.15, 0.2) is 0 Å². The number of imide groups is 1. The fourth-order valence-electron chi connectivity index (χ4n) is 1.49. The zero-order chi connectivity index (χ0) is 11.4. The minimum Gasteiger partial charge on any atom is -0.379 e. The summed E-state index contributed by atoms with van der Waals surface area (Å²) in [6.07, 6.45) is 0.990. The molecule has 1 heterocycles. The van der Waals surface area contributed by atoms with Crippen LogP contribution in [0.25, 0.3) is 0 Å². The van der Waals surface area contributed by atoms with E-state index in [2.05, 4.69) is 0 Å². The molecular weight excluding hydrogens is 196 g/mol. The van der Waals surface area contributed by atoms with E-state index in [1.54, 1.807) is 0 Å². The zero-order valence-electron chi connectivity index (χ0n) is 9.23. The van der Waals surface area contributed by atoms with Crippen LogP contribution in [0.2, 0.25) is 0 Å². The highest BCUT2D eigenvalue weighted by Gasteiger charge is 2.35. The minimum absolute atomic E-state index is 0.143. The molecule has 1 rings (SSSR count). The highest BCUT2D eigenvalue weighted by Crippen LogP contribution is 2.11. The molecule has 1 aliphatic rings. The zero-order valence-corrected chi connectivity index (χ0v) is 9.23. The van der Waals surface area contributed by atoms with Gasteiger partial charge in [0.1, 0.15) is 0 Å². The number of hydrogen-bond donors (Lipinski definition) is 1. The van der Waals surface area contributed by atoms with Crippen molar-refractivity contribution in [1.82, 2.24) is 4.90 Å². The Balaban J connectivity index is 2.27. The monoisotopic (exact) mass is 214 g/mol. The quantitative estimate of drug-likeness (QED) is 0.512. The van der Waals surface area contributed by atoms with Crippen molar-refractivity contribution in [3.63, 3.8) is 0 Å². The van der Waals surface area contributed by atoms with Crippen LogP contribution in [0.4, 0.5) is 0 Å². The number of ether oxygens (including phenoxy) is 1. The number of likely N-dealkylation sites (tertiary alicyclic amines) is 1. The molecule has 0 bridgehead atoms. The Labute approximate surface area is 89.6 Å². The lowest BCUT2D eigenvalue weighted by molar-refractivity contribution is -0.138. The summed E-state index contributed by atoms with van der Waals surface area (Å²) in [5, 5.41) is 0. The summed E-state index contributed by atoms with van der Waals surface area (Å²) in [4.78, 5) is 23.9. The van der Waals surface area contributed by atoms with Crippen molar-refractivity contribution in [2.45, 2.75) is 38.8 Å². The number of amides is 2. The standard InChI is InChI=1S/C10H18N2O3/c1-7(2)15-5-3-4-12-9(13)6-8(11)10(12)14/h7-8H,3-6,11H2,1-2H3/t8-/m0/s1. The van der Waals surface area contributed by atoms with Crippen LogP contribution in [-0.4, -0.2) is 42.0 Å². The van der Waals surface area contributed by atoms with Gasteiger partial charge in [-0.15, -0.1) is 0 Å². The van der Waals surface area contributed by atoms with Crippen molar-refractivity contribution in [3.05, 3.63) is 0 Å². The molecule has 1 atom stereocenters. The van der Waals surface area contributed by atoms with Crippen LogP contribution >= 0.6 is 0 Å². The van der Waals surface area contributed by atoms with Gasteiger partial charge in [-0.3, -0.25) is 14.5 Å². The molecule has 5 nitrogen and oxygen atoms in total. The molecule has 2 N–H and O–H groups in total. The highest BCUT2D eigenvalue weighted by atomic mass is 16.5. The summed E-state index contributed by atoms with van der Waals surface area (Å²) >= 11 is 0. The van der Waals surface area contributed by atoms with Crippen molar-refractivity contribution in [1.29, 1.82) is 0 Å². The third-order valence-corrected chi connectivity index (χ3v) is 2.26. The van der Waals surface area contributed by atoms with Gasteiger partial charge in [-0.2, -0.15) is 0 Å². The molecule has 1 saturated heterocycles. The van der Waals surface area contributed by atoms with Crippen LogP contribution in [0.5, 0.6) is 0 Å². The Hall–Kier alpha value is -0.940. The van der Waals surface area contributed by atoms with Crippen LogP contribution in [0, 0.1) is 0 Å². The Morgan fingerprint density at radius 2 is 2.20 bits per heavy atom. The van der Waals surface area contributed by atoms with Gasteiger partial charge in [0, 0.05) is 13.2 Å². The lowest BCUT2D eigenvalue weighted by Gasteiger charge is -2.14. The van der Waals surface area contributed by atoms with E-state index in [9.17, 15) is 9.59 Å². The maximum atomic E-state index is 11.4. The molecular formula is C10H18N2O3. The van der Waals surface area contributed by atoms with E-state index >= 15 is 0 Å². The first kappa shape index (κ1) is 12.1. The number of carbonyl (C=O) groups excluding carboxylic acids is 2. The van der Waals surface area contributed by atoms with Crippen LogP contribution in [-0.2, 0) is 14.3 Å². The molecule has 1 fully saturated rings. The molecule has 0 spiro atoms. The molecule has 0 aliphatic carbocycles. The molecule has 15 heavy (non-hydrogen) atoms. The first-order chi connectivity index (χ1) is 7.02. The van der Waals surface area contributed by atoms with Gasteiger partial charge < -0.3 is 10.5 Å². The molecule has 0 aromatic rings. The van der Waals surface area contributed by atoms with Crippen molar-refractivity contribution in [2.24, 2.45) is 5.73 Å². The first-order valence-electron chi connectivity index (χ1n) is 5.23. The normalized spacial score (nSPS) is 21.9.